The van der Waals surface area contributed by atoms with Gasteiger partial charge in [0.1, 0.15) is 5.82 Å². The summed E-state index contributed by atoms with van der Waals surface area (Å²) >= 11 is 0. The highest BCUT2D eigenvalue weighted by Crippen LogP contribution is 2.36. The predicted octanol–water partition coefficient (Wildman–Crippen LogP) is 2.49. The summed E-state index contributed by atoms with van der Waals surface area (Å²) in [6.07, 6.45) is 5.32. The molecule has 0 bridgehead atoms. The zero-order valence-electron chi connectivity index (χ0n) is 15.4. The lowest BCUT2D eigenvalue weighted by Crippen LogP contribution is -2.49. The maximum Gasteiger partial charge on any atom is 0.129 e. The zero-order chi connectivity index (χ0) is 17.1. The van der Waals surface area contributed by atoms with Crippen LogP contribution in [0.5, 0.6) is 0 Å². The third-order valence-corrected chi connectivity index (χ3v) is 5.91. The molecule has 0 aromatic carbocycles. The summed E-state index contributed by atoms with van der Waals surface area (Å²) in [5, 5.41) is 0. The Labute approximate surface area is 151 Å². The Morgan fingerprint density at radius 1 is 1.20 bits per heavy atom. The van der Waals surface area contributed by atoms with E-state index in [0.717, 1.165) is 57.3 Å². The molecule has 25 heavy (non-hydrogen) atoms. The topological polar surface area (TPSA) is 37.8 Å². The van der Waals surface area contributed by atoms with Crippen LogP contribution in [0.1, 0.15) is 31.4 Å². The average molecular weight is 345 g/mol. The molecule has 0 radical (unpaired) electrons. The van der Waals surface area contributed by atoms with Crippen LogP contribution in [0.2, 0.25) is 0 Å². The lowest BCUT2D eigenvalue weighted by molar-refractivity contribution is 0.0204. The lowest BCUT2D eigenvalue weighted by Gasteiger charge is -2.38. The van der Waals surface area contributed by atoms with Gasteiger partial charge in [-0.1, -0.05) is 6.07 Å². The van der Waals surface area contributed by atoms with Crippen molar-refractivity contribution in [2.24, 2.45) is 5.92 Å². The fourth-order valence-corrected chi connectivity index (χ4v) is 4.61. The molecule has 1 aromatic rings. The van der Waals surface area contributed by atoms with E-state index in [-0.39, 0.29) is 0 Å². The number of pyridine rings is 1. The second kappa shape index (κ2) is 8.02. The minimum absolute atomic E-state index is 0.336. The van der Waals surface area contributed by atoms with Crippen molar-refractivity contribution in [3.8, 4) is 0 Å². The average Bonchev–Trinajstić information content (AvgIpc) is 3.27. The maximum atomic E-state index is 6.07. The quantitative estimate of drug-likeness (QED) is 0.741. The van der Waals surface area contributed by atoms with Crippen molar-refractivity contribution in [1.82, 2.24) is 9.88 Å². The van der Waals surface area contributed by atoms with E-state index in [0.29, 0.717) is 18.1 Å². The van der Waals surface area contributed by atoms with Gasteiger partial charge in [-0.2, -0.15) is 0 Å². The molecule has 1 aromatic heterocycles. The number of rotatable bonds is 6. The van der Waals surface area contributed by atoms with Crippen LogP contribution >= 0.6 is 0 Å². The van der Waals surface area contributed by atoms with E-state index in [9.17, 15) is 0 Å². The third kappa shape index (κ3) is 4.15. The highest BCUT2D eigenvalue weighted by molar-refractivity contribution is 5.42. The number of ether oxygens (including phenoxy) is 2. The molecule has 138 valence electrons. The van der Waals surface area contributed by atoms with Gasteiger partial charge in [-0.25, -0.2) is 4.98 Å². The fraction of sp³-hybridized carbons (Fsp3) is 0.750. The molecule has 3 atom stereocenters. The van der Waals surface area contributed by atoms with Gasteiger partial charge < -0.3 is 19.3 Å². The second-order valence-electron chi connectivity index (χ2n) is 7.77. The van der Waals surface area contributed by atoms with Crippen LogP contribution in [0.15, 0.2) is 18.2 Å². The van der Waals surface area contributed by atoms with Gasteiger partial charge in [0.15, 0.2) is 0 Å². The van der Waals surface area contributed by atoms with Crippen molar-refractivity contribution in [2.45, 2.75) is 44.8 Å². The summed E-state index contributed by atoms with van der Waals surface area (Å²) in [6, 6.07) is 6.76. The van der Waals surface area contributed by atoms with Gasteiger partial charge in [0.2, 0.25) is 0 Å². The van der Waals surface area contributed by atoms with Crippen LogP contribution in [-0.2, 0) is 9.47 Å². The standard InChI is InChI=1S/C20H31N3O2/c1-16-5-4-6-20(21-16)23-10-12-25-19-14-17(13-18(19)23)15-24-11-9-22-7-2-3-8-22/h4-6,17-19H,2-3,7-15H2,1H3/t17-,18-,19-/m1/s1. The number of anilines is 1. The first-order valence-corrected chi connectivity index (χ1v) is 9.91. The Kier molecular flexibility index (Phi) is 5.54. The van der Waals surface area contributed by atoms with Crippen molar-refractivity contribution in [3.63, 3.8) is 0 Å². The van der Waals surface area contributed by atoms with Gasteiger partial charge in [0.25, 0.3) is 0 Å². The van der Waals surface area contributed by atoms with E-state index < -0.39 is 0 Å². The van der Waals surface area contributed by atoms with E-state index >= 15 is 0 Å². The zero-order valence-corrected chi connectivity index (χ0v) is 15.4. The highest BCUT2D eigenvalue weighted by Gasteiger charge is 2.41. The van der Waals surface area contributed by atoms with Crippen LogP contribution < -0.4 is 4.90 Å². The molecule has 5 heteroatoms. The number of nitrogens with zero attached hydrogens (tertiary/aromatic N) is 3. The number of hydrogen-bond donors (Lipinski definition) is 0. The summed E-state index contributed by atoms with van der Waals surface area (Å²) in [7, 11) is 0. The SMILES string of the molecule is Cc1cccc(N2CCO[C@@H]3C[C@H](COCCN4CCCC4)C[C@H]32)n1. The Morgan fingerprint density at radius 3 is 2.92 bits per heavy atom. The van der Waals surface area contributed by atoms with Crippen LogP contribution in [0, 0.1) is 12.8 Å². The smallest absolute Gasteiger partial charge is 0.129 e. The monoisotopic (exact) mass is 345 g/mol. The fourth-order valence-electron chi connectivity index (χ4n) is 4.61. The first-order valence-electron chi connectivity index (χ1n) is 9.91. The van der Waals surface area contributed by atoms with Crippen molar-refractivity contribution in [2.75, 3.05) is 50.9 Å². The number of likely N-dealkylation sites (tertiary alicyclic amines) is 1. The van der Waals surface area contributed by atoms with Crippen molar-refractivity contribution < 1.29 is 9.47 Å². The van der Waals surface area contributed by atoms with Crippen LogP contribution in [0.25, 0.3) is 0 Å². The van der Waals surface area contributed by atoms with E-state index in [1.165, 1.54) is 25.9 Å². The first kappa shape index (κ1) is 17.3. The Bertz CT molecular complexity index is 562. The number of hydrogen-bond acceptors (Lipinski definition) is 5. The second-order valence-corrected chi connectivity index (χ2v) is 7.77. The van der Waals surface area contributed by atoms with Crippen molar-refractivity contribution in [3.05, 3.63) is 23.9 Å². The minimum Gasteiger partial charge on any atom is -0.380 e. The summed E-state index contributed by atoms with van der Waals surface area (Å²) in [5.74, 6) is 1.72. The molecule has 0 spiro atoms. The molecule has 3 heterocycles. The van der Waals surface area contributed by atoms with E-state index in [1.807, 2.05) is 0 Å². The predicted molar refractivity (Wildman–Crippen MR) is 99.1 cm³/mol. The molecule has 3 aliphatic rings. The third-order valence-electron chi connectivity index (χ3n) is 5.91. The Balaban J connectivity index is 1.28. The molecule has 3 fully saturated rings. The molecule has 0 unspecified atom stereocenters. The molecule has 1 saturated carbocycles. The van der Waals surface area contributed by atoms with Crippen LogP contribution in [0.4, 0.5) is 5.82 Å². The molecule has 2 saturated heterocycles. The van der Waals surface area contributed by atoms with Gasteiger partial charge in [-0.05, 0) is 63.7 Å². The van der Waals surface area contributed by atoms with Crippen LogP contribution in [0.3, 0.4) is 0 Å². The van der Waals surface area contributed by atoms with E-state index in [2.05, 4.69) is 34.9 Å². The summed E-state index contributed by atoms with van der Waals surface area (Å²) in [5.41, 5.74) is 1.08. The molecule has 0 amide bonds. The number of fused-ring (bicyclic) bond motifs is 1. The first-order chi connectivity index (χ1) is 12.3. The molecule has 5 nitrogen and oxygen atoms in total. The summed E-state index contributed by atoms with van der Waals surface area (Å²) in [4.78, 5) is 9.72. The number of aryl methyl sites for hydroxylation is 1. The summed E-state index contributed by atoms with van der Waals surface area (Å²) in [6.45, 7) is 9.16. The Morgan fingerprint density at radius 2 is 2.08 bits per heavy atom. The van der Waals surface area contributed by atoms with E-state index in [1.54, 1.807) is 0 Å². The normalized spacial score (nSPS) is 30.0. The van der Waals surface area contributed by atoms with Gasteiger partial charge >= 0.3 is 0 Å². The lowest BCUT2D eigenvalue weighted by atomic mass is 10.1. The number of aromatic nitrogens is 1. The van der Waals surface area contributed by atoms with Crippen molar-refractivity contribution in [1.29, 1.82) is 0 Å². The van der Waals surface area contributed by atoms with Gasteiger partial charge in [-0.3, -0.25) is 0 Å². The maximum absolute atomic E-state index is 6.07. The van der Waals surface area contributed by atoms with Gasteiger partial charge in [-0.15, -0.1) is 0 Å². The number of morpholine rings is 1. The minimum atomic E-state index is 0.336. The molecular formula is C20H31N3O2. The molecule has 0 N–H and O–H groups in total. The van der Waals surface area contributed by atoms with Gasteiger partial charge in [0.05, 0.1) is 25.4 Å². The largest absolute Gasteiger partial charge is 0.380 e. The molecule has 2 aliphatic heterocycles. The highest BCUT2D eigenvalue weighted by atomic mass is 16.5. The molecular weight excluding hydrogens is 314 g/mol. The van der Waals surface area contributed by atoms with Crippen molar-refractivity contribution >= 4 is 5.82 Å². The van der Waals surface area contributed by atoms with E-state index in [4.69, 9.17) is 14.5 Å². The molecule has 1 aliphatic carbocycles. The Hall–Kier alpha value is -1.17. The summed E-state index contributed by atoms with van der Waals surface area (Å²) < 4.78 is 12.1. The molecule has 4 rings (SSSR count). The van der Waals surface area contributed by atoms with Gasteiger partial charge in [0, 0.05) is 25.4 Å². The van der Waals surface area contributed by atoms with Crippen LogP contribution in [-0.4, -0.2) is 68.0 Å².